The average Bonchev–Trinajstić information content (AvgIpc) is 1.30. The van der Waals surface area contributed by atoms with E-state index in [0.717, 1.165) is 0 Å². The third-order valence-electron chi connectivity index (χ3n) is 0.308. The molecule has 0 aromatic rings. The van der Waals surface area contributed by atoms with Crippen LogP contribution in [0.25, 0.3) is 0 Å². The van der Waals surface area contributed by atoms with E-state index in [9.17, 15) is 4.20 Å². The van der Waals surface area contributed by atoms with Crippen LogP contribution in [0.1, 0.15) is 0 Å². The van der Waals surface area contributed by atoms with Crippen LogP contribution >= 0.6 is 8.69 Å². The minimum Gasteiger partial charge on any atom is -0.281 e. The van der Waals surface area contributed by atoms with Crippen molar-refractivity contribution in [1.29, 1.82) is 0 Å². The summed E-state index contributed by atoms with van der Waals surface area (Å²) in [5.41, 5.74) is 0. The van der Waals surface area contributed by atoms with Gasteiger partial charge in [0, 0.05) is 0 Å². The van der Waals surface area contributed by atoms with Crippen molar-refractivity contribution in [2.24, 2.45) is 0 Å². The van der Waals surface area contributed by atoms with Gasteiger partial charge in [-0.15, -0.1) is 0 Å². The van der Waals surface area contributed by atoms with Gasteiger partial charge in [-0.05, 0) is 0 Å². The second-order valence-corrected chi connectivity index (χ2v) is 1.53. The first-order chi connectivity index (χ1) is 2.39. The van der Waals surface area contributed by atoms with Crippen molar-refractivity contribution < 1.29 is 13.2 Å². The zero-order valence-corrected chi connectivity index (χ0v) is 3.24. The van der Waals surface area contributed by atoms with Crippen molar-refractivity contribution in [2.75, 3.05) is 6.79 Å². The predicted octanol–water partition coefficient (Wildman–Crippen LogP) is 1.19. The van der Waals surface area contributed by atoms with Crippen molar-refractivity contribution in [3.05, 3.63) is 0 Å². The van der Waals surface area contributed by atoms with Crippen LogP contribution in [0, 0.1) is 0 Å². The maximum Gasteiger partial charge on any atom is 0.379 e. The Bertz CT molecular complexity index is 36.6. The second kappa shape index (κ2) is 1.17. The van der Waals surface area contributed by atoms with Gasteiger partial charge in [0.25, 0.3) is 0 Å². The fourth-order valence-corrected chi connectivity index (χ4v) is 0.278. The molecule has 1 heterocycles. The van der Waals surface area contributed by atoms with E-state index in [2.05, 4.69) is 9.05 Å². The second-order valence-electron chi connectivity index (χ2n) is 0.589. The first-order valence-corrected chi connectivity index (χ1v) is 2.18. The highest BCUT2D eigenvalue weighted by Gasteiger charge is 2.18. The van der Waals surface area contributed by atoms with Gasteiger partial charge in [0.05, 0.1) is 0 Å². The molecule has 0 aliphatic carbocycles. The van der Waals surface area contributed by atoms with Crippen LogP contribution in [0.2, 0.25) is 0 Å². The van der Waals surface area contributed by atoms with E-state index < -0.39 is 8.69 Å². The van der Waals surface area contributed by atoms with Gasteiger partial charge in [-0.1, -0.05) is 0 Å². The number of hydrogen-bond acceptors (Lipinski definition) is 2. The van der Waals surface area contributed by atoms with Crippen molar-refractivity contribution >= 4 is 8.69 Å². The summed E-state index contributed by atoms with van der Waals surface area (Å²) in [4.78, 5) is 0. The molecule has 1 saturated heterocycles. The van der Waals surface area contributed by atoms with E-state index in [-0.39, 0.29) is 6.79 Å². The largest absolute Gasteiger partial charge is 0.379 e. The summed E-state index contributed by atoms with van der Waals surface area (Å²) in [5.74, 6) is 0. The molecule has 0 N–H and O–H groups in total. The Hall–Kier alpha value is 0.280. The average molecular weight is 96.0 g/mol. The smallest absolute Gasteiger partial charge is 0.281 e. The Morgan fingerprint density at radius 1 is 1.60 bits per heavy atom. The monoisotopic (exact) mass is 96.0 g/mol. The Morgan fingerprint density at radius 2 is 2.00 bits per heavy atom. The summed E-state index contributed by atoms with van der Waals surface area (Å²) >= 11 is 0. The third kappa shape index (κ3) is 0.564. The number of rotatable bonds is 0. The summed E-state index contributed by atoms with van der Waals surface area (Å²) in [6, 6.07) is 0. The Kier molecular flexibility index (Phi) is 0.810. The maximum atomic E-state index is 11.1. The zero-order valence-electron chi connectivity index (χ0n) is 2.35. The van der Waals surface area contributed by atoms with E-state index in [4.69, 9.17) is 0 Å². The van der Waals surface area contributed by atoms with Crippen molar-refractivity contribution in [1.82, 2.24) is 0 Å². The van der Waals surface area contributed by atoms with Crippen molar-refractivity contribution in [3.63, 3.8) is 0 Å². The molecular weight excluding hydrogens is 94.0 g/mol. The molecule has 30 valence electrons. The molecule has 0 bridgehead atoms. The van der Waals surface area contributed by atoms with Crippen LogP contribution in [0.5, 0.6) is 0 Å². The van der Waals surface area contributed by atoms with Gasteiger partial charge >= 0.3 is 8.69 Å². The molecule has 0 spiro atoms. The molecule has 5 heavy (non-hydrogen) atoms. The number of hydrogen-bond donors (Lipinski definition) is 0. The van der Waals surface area contributed by atoms with Gasteiger partial charge in [-0.25, -0.2) is 0 Å². The van der Waals surface area contributed by atoms with Crippen LogP contribution < -0.4 is 0 Å². The molecule has 0 aromatic heterocycles. The predicted molar refractivity (Wildman–Crippen MR) is 15.1 cm³/mol. The van der Waals surface area contributed by atoms with Crippen LogP contribution in [0.3, 0.4) is 0 Å². The molecule has 1 aliphatic rings. The molecule has 0 saturated carbocycles. The van der Waals surface area contributed by atoms with Crippen LogP contribution in [-0.4, -0.2) is 6.79 Å². The first-order valence-electron chi connectivity index (χ1n) is 1.11. The van der Waals surface area contributed by atoms with E-state index in [1.165, 1.54) is 0 Å². The molecule has 0 amide bonds. The topological polar surface area (TPSA) is 18.5 Å². The normalized spacial score (nSPS) is 25.8. The highest BCUT2D eigenvalue weighted by atomic mass is 31.2. The summed E-state index contributed by atoms with van der Waals surface area (Å²) in [7, 11) is -1.92. The van der Waals surface area contributed by atoms with E-state index in [0.29, 0.717) is 0 Å². The van der Waals surface area contributed by atoms with Gasteiger partial charge in [0.1, 0.15) is 0 Å². The van der Waals surface area contributed by atoms with Crippen LogP contribution in [0.15, 0.2) is 0 Å². The minimum absolute atomic E-state index is 0.141. The molecular formula is CH2FO2P. The maximum absolute atomic E-state index is 11.1. The van der Waals surface area contributed by atoms with E-state index in [1.54, 1.807) is 0 Å². The molecule has 0 unspecified atom stereocenters. The lowest BCUT2D eigenvalue weighted by Crippen LogP contribution is -2.00. The van der Waals surface area contributed by atoms with Crippen LogP contribution in [0.4, 0.5) is 4.20 Å². The molecule has 2 nitrogen and oxygen atoms in total. The highest BCUT2D eigenvalue weighted by molar-refractivity contribution is 7.42. The lowest BCUT2D eigenvalue weighted by Gasteiger charge is -2.14. The summed E-state index contributed by atoms with van der Waals surface area (Å²) in [5, 5.41) is 0. The van der Waals surface area contributed by atoms with Gasteiger partial charge < -0.3 is 0 Å². The SMILES string of the molecule is FP1OCO1. The summed E-state index contributed by atoms with van der Waals surface area (Å²) < 4.78 is 19.4. The summed E-state index contributed by atoms with van der Waals surface area (Å²) in [6.45, 7) is 0.141. The highest BCUT2D eigenvalue weighted by Crippen LogP contribution is 2.47. The Balaban J connectivity index is 2.08. The zero-order chi connectivity index (χ0) is 3.70. The fraction of sp³-hybridized carbons (Fsp3) is 1.00. The lowest BCUT2D eigenvalue weighted by atomic mass is 11.6. The van der Waals surface area contributed by atoms with E-state index >= 15 is 0 Å². The van der Waals surface area contributed by atoms with E-state index in [1.807, 2.05) is 0 Å². The molecule has 1 aliphatic heterocycles. The molecule has 1 rings (SSSR count). The molecule has 4 heteroatoms. The van der Waals surface area contributed by atoms with Crippen molar-refractivity contribution in [3.8, 4) is 0 Å². The van der Waals surface area contributed by atoms with Gasteiger partial charge in [-0.3, -0.25) is 9.05 Å². The van der Waals surface area contributed by atoms with Crippen molar-refractivity contribution in [2.45, 2.75) is 0 Å². The molecule has 0 aromatic carbocycles. The van der Waals surface area contributed by atoms with Gasteiger partial charge in [-0.2, -0.15) is 4.20 Å². The third-order valence-corrected chi connectivity index (χ3v) is 0.925. The summed E-state index contributed by atoms with van der Waals surface area (Å²) in [6.07, 6.45) is 0. The first kappa shape index (κ1) is 3.47. The number of halogens is 1. The molecule has 0 radical (unpaired) electrons. The van der Waals surface area contributed by atoms with Crippen LogP contribution in [-0.2, 0) is 9.05 Å². The fourth-order valence-electron chi connectivity index (χ4n) is 0.0925. The van der Waals surface area contributed by atoms with Gasteiger partial charge in [0.2, 0.25) is 0 Å². The minimum atomic E-state index is -1.92. The quantitative estimate of drug-likeness (QED) is 0.421. The standard InChI is InChI=1S/CH2FO2P/c2-5-3-1-4-5/h1H2. The van der Waals surface area contributed by atoms with Gasteiger partial charge in [0.15, 0.2) is 6.79 Å². The molecule has 1 fully saturated rings. The lowest BCUT2D eigenvalue weighted by molar-refractivity contribution is 0.0203. The molecule has 0 atom stereocenters. The Labute approximate surface area is 29.9 Å². The Morgan fingerprint density at radius 3 is 2.00 bits per heavy atom.